The van der Waals surface area contributed by atoms with E-state index in [4.69, 9.17) is 0 Å². The summed E-state index contributed by atoms with van der Waals surface area (Å²) in [6, 6.07) is 1.39. The number of allylic oxidation sites excluding steroid dienone is 4. The van der Waals surface area contributed by atoms with Crippen molar-refractivity contribution in [2.24, 2.45) is 0 Å². The molecule has 21 heavy (non-hydrogen) atoms. The normalized spacial score (nSPS) is 21.7. The van der Waals surface area contributed by atoms with E-state index in [1.165, 1.54) is 31.7 Å². The second kappa shape index (κ2) is 8.95. The number of rotatable bonds is 2. The Bertz CT molecular complexity index is 408. The van der Waals surface area contributed by atoms with Crippen molar-refractivity contribution in [1.29, 1.82) is 0 Å². The summed E-state index contributed by atoms with van der Waals surface area (Å²) in [5.74, 6) is 0. The average molecular weight is 402 g/mol. The van der Waals surface area contributed by atoms with Gasteiger partial charge in [-0.3, -0.25) is 0 Å². The van der Waals surface area contributed by atoms with Crippen molar-refractivity contribution in [3.05, 3.63) is 22.8 Å². The van der Waals surface area contributed by atoms with Crippen LogP contribution in [0.25, 0.3) is 0 Å². The Morgan fingerprint density at radius 1 is 1.10 bits per heavy atom. The summed E-state index contributed by atoms with van der Waals surface area (Å²) < 4.78 is 0.759. The summed E-state index contributed by atoms with van der Waals surface area (Å²) in [7, 11) is -1.17. The molecule has 1 unspecified atom stereocenters. The Morgan fingerprint density at radius 3 is 2.10 bits per heavy atom. The number of halogens is 3. The second-order valence-corrected chi connectivity index (χ2v) is 14.2. The maximum absolute atomic E-state index is 2.58. The van der Waals surface area contributed by atoms with Crippen molar-refractivity contribution >= 4 is 8.07 Å². The first-order chi connectivity index (χ1) is 8.22. The molecule has 120 valence electrons. The van der Waals surface area contributed by atoms with E-state index in [2.05, 4.69) is 60.4 Å². The first kappa shape index (κ1) is 24.5. The van der Waals surface area contributed by atoms with Gasteiger partial charge in [0.1, 0.15) is 0 Å². The zero-order valence-electron chi connectivity index (χ0n) is 13.8. The van der Waals surface area contributed by atoms with Gasteiger partial charge >= 0.3 is 126 Å². The van der Waals surface area contributed by atoms with E-state index in [9.17, 15) is 0 Å². The summed E-state index contributed by atoms with van der Waals surface area (Å²) in [6.07, 6.45) is 8.13. The number of hydrogen-bond donors (Lipinski definition) is 0. The molecule has 1 atom stereocenters. The molecular formula is C16H27Cl3SiTi. The smallest absolute Gasteiger partial charge is 1.00 e. The van der Waals surface area contributed by atoms with E-state index in [1.807, 2.05) is 0 Å². The molecular weight excluding hydrogens is 374 g/mol. The van der Waals surface area contributed by atoms with E-state index in [-0.39, 0.29) is 37.2 Å². The van der Waals surface area contributed by atoms with Gasteiger partial charge in [0.2, 0.25) is 0 Å². The fourth-order valence-corrected chi connectivity index (χ4v) is 5.89. The zero-order chi connectivity index (χ0) is 13.6. The van der Waals surface area contributed by atoms with E-state index in [0.29, 0.717) is 5.04 Å². The Hall–Kier alpha value is 1.28. The molecule has 0 amide bonds. The average Bonchev–Trinajstić information content (AvgIpc) is 2.54. The van der Waals surface area contributed by atoms with Gasteiger partial charge in [-0.15, -0.1) is 0 Å². The van der Waals surface area contributed by atoms with Crippen LogP contribution in [0.15, 0.2) is 22.8 Å². The predicted octanol–water partition coefficient (Wildman–Crippen LogP) is -3.35. The maximum atomic E-state index is 2.58. The molecule has 0 radical (unpaired) electrons. The van der Waals surface area contributed by atoms with Gasteiger partial charge in [0, 0.05) is 0 Å². The van der Waals surface area contributed by atoms with Crippen molar-refractivity contribution in [2.75, 3.05) is 0 Å². The minimum atomic E-state index is -1.17. The molecule has 2 rings (SSSR count). The van der Waals surface area contributed by atoms with Crippen LogP contribution in [0.3, 0.4) is 0 Å². The molecule has 0 aromatic heterocycles. The van der Waals surface area contributed by atoms with Gasteiger partial charge in [-0.05, 0) is 0 Å². The number of hydrogen-bond acceptors (Lipinski definition) is 0. The molecule has 0 nitrogen and oxygen atoms in total. The van der Waals surface area contributed by atoms with Gasteiger partial charge < -0.3 is 37.2 Å². The Balaban J connectivity index is 0. The predicted molar refractivity (Wildman–Crippen MR) is 79.3 cm³/mol. The van der Waals surface area contributed by atoms with Crippen LogP contribution >= 0.6 is 0 Å². The van der Waals surface area contributed by atoms with Gasteiger partial charge in [-0.2, -0.15) is 0 Å². The quantitative estimate of drug-likeness (QED) is 0.425. The van der Waals surface area contributed by atoms with Crippen molar-refractivity contribution in [2.45, 2.75) is 74.9 Å². The summed E-state index contributed by atoms with van der Waals surface area (Å²) >= 11 is 2.45. The standard InChI is InChI=1S/C16H27Si.3ClH.Ti/c1-16(2,3)17(4,5)12-13-10-14-8-6-7-9-15(14)11-13;;;;/h10-11H,6-9,12H2,1-5H3;3*1H;/q;;;;+3/p-3. The summed E-state index contributed by atoms with van der Waals surface area (Å²) in [6.45, 7) is 12.4. The molecule has 0 fully saturated rings. The van der Waals surface area contributed by atoms with Crippen molar-refractivity contribution in [3.8, 4) is 0 Å². The molecule has 0 aliphatic heterocycles. The minimum absolute atomic E-state index is 0. The molecule has 0 aromatic carbocycles. The molecule has 2 aliphatic rings. The topological polar surface area (TPSA) is 0 Å². The molecule has 0 saturated heterocycles. The second-order valence-electron chi connectivity index (χ2n) is 7.72. The van der Waals surface area contributed by atoms with Crippen LogP contribution in [0.1, 0.15) is 46.5 Å². The molecule has 5 heteroatoms. The third-order valence-electron chi connectivity index (χ3n) is 5.31. The molecule has 0 spiro atoms. The third kappa shape index (κ3) is 5.40. The monoisotopic (exact) mass is 400 g/mol. The van der Waals surface area contributed by atoms with Crippen molar-refractivity contribution in [1.82, 2.24) is 0 Å². The van der Waals surface area contributed by atoms with Gasteiger partial charge in [0.25, 0.3) is 0 Å². The van der Waals surface area contributed by atoms with E-state index < -0.39 is 8.07 Å². The summed E-state index contributed by atoms with van der Waals surface area (Å²) in [5.41, 5.74) is 5.26. The summed E-state index contributed by atoms with van der Waals surface area (Å²) in [5, 5.41) is 0.511. The van der Waals surface area contributed by atoms with Crippen LogP contribution in [0.5, 0.6) is 0 Å². The minimum Gasteiger partial charge on any atom is -1.00 e. The van der Waals surface area contributed by atoms with Crippen LogP contribution in [0.4, 0.5) is 0 Å². The molecule has 0 bridgehead atoms. The molecule has 0 saturated carbocycles. The van der Waals surface area contributed by atoms with Crippen LogP contribution < -0.4 is 37.2 Å². The van der Waals surface area contributed by atoms with Crippen LogP contribution in [-0.4, -0.2) is 8.07 Å². The van der Waals surface area contributed by atoms with Gasteiger partial charge in [-0.25, -0.2) is 0 Å². The Morgan fingerprint density at radius 2 is 1.62 bits per heavy atom. The molecule has 0 N–H and O–H groups in total. The molecule has 0 heterocycles. The fourth-order valence-electron chi connectivity index (χ4n) is 2.91. The SMILES string of the molecule is CC(C)(C)[Si](C)(C)CC1=CC2=C(CCCC2)[CH]1[Ti+3].[Cl-].[Cl-].[Cl-]. The van der Waals surface area contributed by atoms with E-state index >= 15 is 0 Å². The fraction of sp³-hybridized carbons (Fsp3) is 0.750. The van der Waals surface area contributed by atoms with Gasteiger partial charge in [0.15, 0.2) is 0 Å². The van der Waals surface area contributed by atoms with Crippen molar-refractivity contribution < 1.29 is 57.7 Å². The first-order valence-corrected chi connectivity index (χ1v) is 11.5. The Labute approximate surface area is 162 Å². The van der Waals surface area contributed by atoms with E-state index in [0.717, 1.165) is 4.22 Å². The van der Waals surface area contributed by atoms with Crippen LogP contribution in [0.2, 0.25) is 28.4 Å². The molecule has 2 aliphatic carbocycles. The van der Waals surface area contributed by atoms with Crippen LogP contribution in [0, 0.1) is 0 Å². The molecule has 0 aromatic rings. The maximum Gasteiger partial charge on any atom is -1.00 e. The zero-order valence-corrected chi connectivity index (χ0v) is 18.7. The Kier molecular flexibility index (Phi) is 10.5. The summed E-state index contributed by atoms with van der Waals surface area (Å²) in [4.78, 5) is 0. The van der Waals surface area contributed by atoms with Crippen LogP contribution in [-0.2, 0) is 20.4 Å². The van der Waals surface area contributed by atoms with Gasteiger partial charge in [-0.1, -0.05) is 0 Å². The van der Waals surface area contributed by atoms with E-state index in [1.54, 1.807) is 16.7 Å². The first-order valence-electron chi connectivity index (χ1n) is 7.36. The van der Waals surface area contributed by atoms with Gasteiger partial charge in [0.05, 0.1) is 0 Å². The third-order valence-corrected chi connectivity index (χ3v) is 11.8. The van der Waals surface area contributed by atoms with Crippen molar-refractivity contribution in [3.63, 3.8) is 0 Å². The largest absolute Gasteiger partial charge is 1.00 e.